The summed E-state index contributed by atoms with van der Waals surface area (Å²) in [6.07, 6.45) is 1.92. The molecule has 0 unspecified atom stereocenters. The molecule has 0 heterocycles. The van der Waals surface area contributed by atoms with E-state index in [-0.39, 0.29) is 17.7 Å². The summed E-state index contributed by atoms with van der Waals surface area (Å²) in [6.45, 7) is 0. The van der Waals surface area contributed by atoms with Crippen LogP contribution in [0.1, 0.15) is 12.0 Å². The van der Waals surface area contributed by atoms with Gasteiger partial charge in [-0.3, -0.25) is 4.79 Å². The van der Waals surface area contributed by atoms with Crippen LogP contribution in [0.15, 0.2) is 18.2 Å². The number of hydrogen-bond acceptors (Lipinski definition) is 2. The highest BCUT2D eigenvalue weighted by Crippen LogP contribution is 2.19. The van der Waals surface area contributed by atoms with Crippen LogP contribution in [-0.4, -0.2) is 11.1 Å². The smallest absolute Gasteiger partial charge is 0.307 e. The number of aliphatic carboxylic acids is 1. The molecule has 1 rings (SSSR count). The molecule has 0 bridgehead atoms. The standard InChI is InChI=1S/C10H9F2NO2/c11-7-4-5-8(13)10(12)6(7)2-1-3-9(14)15/h1-2,4-5H,3,13H2,(H,14,15). The van der Waals surface area contributed by atoms with Crippen LogP contribution >= 0.6 is 0 Å². The largest absolute Gasteiger partial charge is 0.481 e. The maximum Gasteiger partial charge on any atom is 0.307 e. The Kier molecular flexibility index (Phi) is 3.38. The Morgan fingerprint density at radius 3 is 2.73 bits per heavy atom. The molecule has 80 valence electrons. The van der Waals surface area contributed by atoms with Crippen molar-refractivity contribution in [1.29, 1.82) is 0 Å². The van der Waals surface area contributed by atoms with Gasteiger partial charge in [0.15, 0.2) is 5.82 Å². The van der Waals surface area contributed by atoms with Gasteiger partial charge in [-0.25, -0.2) is 8.78 Å². The summed E-state index contributed by atoms with van der Waals surface area (Å²) >= 11 is 0. The van der Waals surface area contributed by atoms with Gasteiger partial charge in [-0.05, 0) is 12.1 Å². The highest BCUT2D eigenvalue weighted by molar-refractivity contribution is 5.70. The Hall–Kier alpha value is -1.91. The first-order valence-electron chi connectivity index (χ1n) is 4.14. The van der Waals surface area contributed by atoms with Crippen molar-refractivity contribution in [3.63, 3.8) is 0 Å². The second-order valence-electron chi connectivity index (χ2n) is 2.86. The summed E-state index contributed by atoms with van der Waals surface area (Å²) < 4.78 is 26.3. The van der Waals surface area contributed by atoms with E-state index in [9.17, 15) is 13.6 Å². The van der Waals surface area contributed by atoms with E-state index in [0.717, 1.165) is 24.3 Å². The summed E-state index contributed by atoms with van der Waals surface area (Å²) in [4.78, 5) is 10.2. The van der Waals surface area contributed by atoms with E-state index in [1.54, 1.807) is 0 Å². The van der Waals surface area contributed by atoms with E-state index in [1.807, 2.05) is 0 Å². The lowest BCUT2D eigenvalue weighted by molar-refractivity contribution is -0.135. The SMILES string of the molecule is Nc1ccc(F)c(C=CCC(=O)O)c1F. The molecule has 5 heteroatoms. The van der Waals surface area contributed by atoms with E-state index >= 15 is 0 Å². The molecule has 3 N–H and O–H groups in total. The van der Waals surface area contributed by atoms with Gasteiger partial charge in [0.2, 0.25) is 0 Å². The summed E-state index contributed by atoms with van der Waals surface area (Å²) in [5.41, 5.74) is 4.73. The number of nitrogens with two attached hydrogens (primary N) is 1. The highest BCUT2D eigenvalue weighted by Gasteiger charge is 2.08. The third kappa shape index (κ3) is 2.77. The highest BCUT2D eigenvalue weighted by atomic mass is 19.1. The zero-order valence-electron chi connectivity index (χ0n) is 7.71. The predicted octanol–water partition coefficient (Wildman–Crippen LogP) is 2.03. The molecule has 0 aliphatic carbocycles. The van der Waals surface area contributed by atoms with Crippen LogP contribution in [0.3, 0.4) is 0 Å². The minimum atomic E-state index is -1.07. The average molecular weight is 213 g/mol. The molecular formula is C10H9F2NO2. The minimum Gasteiger partial charge on any atom is -0.481 e. The Morgan fingerprint density at radius 1 is 1.47 bits per heavy atom. The van der Waals surface area contributed by atoms with Gasteiger partial charge in [0.1, 0.15) is 5.82 Å². The van der Waals surface area contributed by atoms with Crippen LogP contribution in [0.25, 0.3) is 6.08 Å². The Bertz CT molecular complexity index is 416. The molecule has 3 nitrogen and oxygen atoms in total. The van der Waals surface area contributed by atoms with E-state index in [4.69, 9.17) is 10.8 Å². The lowest BCUT2D eigenvalue weighted by Gasteiger charge is -2.01. The fourth-order valence-electron chi connectivity index (χ4n) is 1.02. The van der Waals surface area contributed by atoms with E-state index in [2.05, 4.69) is 0 Å². The number of nitrogen functional groups attached to an aromatic ring is 1. The molecule has 0 aliphatic heterocycles. The van der Waals surface area contributed by atoms with E-state index in [1.165, 1.54) is 0 Å². The first kappa shape index (κ1) is 11.2. The van der Waals surface area contributed by atoms with Crippen molar-refractivity contribution in [3.8, 4) is 0 Å². The average Bonchev–Trinajstić information content (AvgIpc) is 2.17. The van der Waals surface area contributed by atoms with Gasteiger partial charge in [0, 0.05) is 5.56 Å². The van der Waals surface area contributed by atoms with Crippen LogP contribution in [0.5, 0.6) is 0 Å². The predicted molar refractivity (Wildman–Crippen MR) is 52.1 cm³/mol. The maximum absolute atomic E-state index is 13.2. The Balaban J connectivity index is 2.98. The lowest BCUT2D eigenvalue weighted by Crippen LogP contribution is -1.96. The van der Waals surface area contributed by atoms with Crippen molar-refractivity contribution in [2.75, 3.05) is 5.73 Å². The van der Waals surface area contributed by atoms with Crippen LogP contribution < -0.4 is 5.73 Å². The third-order valence-electron chi connectivity index (χ3n) is 1.73. The molecule has 0 fully saturated rings. The maximum atomic E-state index is 13.2. The minimum absolute atomic E-state index is 0.175. The molecule has 1 aromatic rings. The molecule has 1 aromatic carbocycles. The molecular weight excluding hydrogens is 204 g/mol. The van der Waals surface area contributed by atoms with Crippen molar-refractivity contribution in [1.82, 2.24) is 0 Å². The van der Waals surface area contributed by atoms with Crippen molar-refractivity contribution in [3.05, 3.63) is 35.4 Å². The van der Waals surface area contributed by atoms with Gasteiger partial charge < -0.3 is 10.8 Å². The molecule has 0 amide bonds. The summed E-state index contributed by atoms with van der Waals surface area (Å²) in [5, 5.41) is 8.32. The molecule has 0 aromatic heterocycles. The van der Waals surface area contributed by atoms with Crippen LogP contribution in [-0.2, 0) is 4.79 Å². The van der Waals surface area contributed by atoms with Gasteiger partial charge in [0.05, 0.1) is 12.1 Å². The number of carboxylic acid groups (broad SMARTS) is 1. The van der Waals surface area contributed by atoms with Crippen LogP contribution in [0.2, 0.25) is 0 Å². The van der Waals surface area contributed by atoms with E-state index in [0.29, 0.717) is 0 Å². The topological polar surface area (TPSA) is 63.3 Å². The Labute approximate surface area is 84.8 Å². The molecule has 0 atom stereocenters. The van der Waals surface area contributed by atoms with Crippen LogP contribution in [0, 0.1) is 11.6 Å². The molecule has 15 heavy (non-hydrogen) atoms. The number of benzene rings is 1. The van der Waals surface area contributed by atoms with Gasteiger partial charge in [0.25, 0.3) is 0 Å². The molecule has 0 saturated heterocycles. The van der Waals surface area contributed by atoms with E-state index < -0.39 is 17.6 Å². The van der Waals surface area contributed by atoms with Crippen molar-refractivity contribution in [2.45, 2.75) is 6.42 Å². The van der Waals surface area contributed by atoms with Crippen molar-refractivity contribution in [2.24, 2.45) is 0 Å². The first-order chi connectivity index (χ1) is 7.02. The zero-order chi connectivity index (χ0) is 11.4. The monoisotopic (exact) mass is 213 g/mol. The summed E-state index contributed by atoms with van der Waals surface area (Å²) in [7, 11) is 0. The number of hydrogen-bond donors (Lipinski definition) is 2. The Morgan fingerprint density at radius 2 is 2.13 bits per heavy atom. The summed E-state index contributed by atoms with van der Waals surface area (Å²) in [5.74, 6) is -2.73. The normalized spacial score (nSPS) is 10.8. The molecule has 0 spiro atoms. The summed E-state index contributed by atoms with van der Waals surface area (Å²) in [6, 6.07) is 2.14. The fraction of sp³-hybridized carbons (Fsp3) is 0.100. The third-order valence-corrected chi connectivity index (χ3v) is 1.73. The van der Waals surface area contributed by atoms with Gasteiger partial charge in [-0.2, -0.15) is 0 Å². The molecule has 0 aliphatic rings. The van der Waals surface area contributed by atoms with Gasteiger partial charge >= 0.3 is 5.97 Å². The number of halogens is 2. The van der Waals surface area contributed by atoms with Crippen molar-refractivity contribution >= 4 is 17.7 Å². The van der Waals surface area contributed by atoms with Crippen molar-refractivity contribution < 1.29 is 18.7 Å². The number of carboxylic acids is 1. The van der Waals surface area contributed by atoms with Crippen LogP contribution in [0.4, 0.5) is 14.5 Å². The number of carbonyl (C=O) groups is 1. The zero-order valence-corrected chi connectivity index (χ0v) is 7.71. The fourth-order valence-corrected chi connectivity index (χ4v) is 1.02. The number of anilines is 1. The molecule has 0 saturated carbocycles. The lowest BCUT2D eigenvalue weighted by atomic mass is 10.1. The second-order valence-corrected chi connectivity index (χ2v) is 2.86. The molecule has 0 radical (unpaired) electrons. The van der Waals surface area contributed by atoms with Gasteiger partial charge in [-0.1, -0.05) is 12.2 Å². The van der Waals surface area contributed by atoms with Gasteiger partial charge in [-0.15, -0.1) is 0 Å². The quantitative estimate of drug-likeness (QED) is 0.755. The number of rotatable bonds is 3. The second kappa shape index (κ2) is 4.54. The first-order valence-corrected chi connectivity index (χ1v) is 4.14.